The Labute approximate surface area is 184 Å². The Balaban J connectivity index is 1.95. The second kappa shape index (κ2) is 8.86. The van der Waals surface area contributed by atoms with Crippen LogP contribution in [0.25, 0.3) is 11.8 Å². The molecule has 0 aliphatic rings. The molecule has 0 unspecified atom stereocenters. The molecule has 1 heterocycles. The van der Waals surface area contributed by atoms with Crippen molar-refractivity contribution in [1.82, 2.24) is 4.57 Å². The Morgan fingerprint density at radius 1 is 1.16 bits per heavy atom. The van der Waals surface area contributed by atoms with E-state index in [1.165, 1.54) is 18.2 Å². The maximum absolute atomic E-state index is 12.6. The molecule has 7 nitrogen and oxygen atoms in total. The number of nitriles is 1. The van der Waals surface area contributed by atoms with Crippen LogP contribution in [0.4, 0.5) is 11.4 Å². The van der Waals surface area contributed by atoms with Gasteiger partial charge in [-0.3, -0.25) is 14.9 Å². The van der Waals surface area contributed by atoms with Gasteiger partial charge in [-0.15, -0.1) is 0 Å². The maximum atomic E-state index is 12.6. The summed E-state index contributed by atoms with van der Waals surface area (Å²) >= 11 is 5.85. The van der Waals surface area contributed by atoms with Gasteiger partial charge in [-0.2, -0.15) is 5.26 Å². The molecule has 0 radical (unpaired) electrons. The summed E-state index contributed by atoms with van der Waals surface area (Å²) in [5.41, 5.74) is 4.43. The van der Waals surface area contributed by atoms with Crippen LogP contribution in [0.5, 0.6) is 0 Å². The lowest BCUT2D eigenvalue weighted by Gasteiger charge is -2.12. The molecule has 0 aliphatic carbocycles. The van der Waals surface area contributed by atoms with Gasteiger partial charge in [-0.05, 0) is 74.4 Å². The summed E-state index contributed by atoms with van der Waals surface area (Å²) in [6.45, 7) is 5.56. The van der Waals surface area contributed by atoms with Crippen LogP contribution >= 0.6 is 11.6 Å². The second-order valence-electron chi connectivity index (χ2n) is 7.02. The number of hydrogen-bond acceptors (Lipinski definition) is 4. The lowest BCUT2D eigenvalue weighted by Crippen LogP contribution is -2.13. The van der Waals surface area contributed by atoms with Gasteiger partial charge in [0, 0.05) is 39.9 Å². The number of nitrogens with zero attached hydrogens (tertiary/aromatic N) is 3. The van der Waals surface area contributed by atoms with E-state index in [-0.39, 0.29) is 11.3 Å². The molecule has 0 atom stereocenters. The van der Waals surface area contributed by atoms with E-state index in [2.05, 4.69) is 5.32 Å². The number of non-ortho nitro benzene ring substituents is 1. The van der Waals surface area contributed by atoms with E-state index in [1.54, 1.807) is 37.3 Å². The van der Waals surface area contributed by atoms with Crippen molar-refractivity contribution in [1.29, 1.82) is 5.26 Å². The first-order valence-corrected chi connectivity index (χ1v) is 9.72. The fraction of sp³-hybridized carbons (Fsp3) is 0.130. The fourth-order valence-corrected chi connectivity index (χ4v) is 3.47. The highest BCUT2D eigenvalue weighted by molar-refractivity contribution is 6.30. The summed E-state index contributed by atoms with van der Waals surface area (Å²) in [6.07, 6.45) is 1.53. The van der Waals surface area contributed by atoms with Crippen molar-refractivity contribution in [3.63, 3.8) is 0 Å². The van der Waals surface area contributed by atoms with Crippen molar-refractivity contribution >= 4 is 35.0 Å². The predicted molar refractivity (Wildman–Crippen MR) is 120 cm³/mol. The van der Waals surface area contributed by atoms with Gasteiger partial charge in [0.2, 0.25) is 0 Å². The molecule has 1 amide bonds. The summed E-state index contributed by atoms with van der Waals surface area (Å²) in [5, 5.41) is 23.8. The quantitative estimate of drug-likeness (QED) is 0.247. The molecule has 8 heteroatoms. The van der Waals surface area contributed by atoms with Crippen LogP contribution < -0.4 is 5.32 Å². The lowest BCUT2D eigenvalue weighted by molar-refractivity contribution is -0.384. The Morgan fingerprint density at radius 3 is 2.42 bits per heavy atom. The molecule has 3 rings (SSSR count). The van der Waals surface area contributed by atoms with E-state index in [0.717, 1.165) is 22.6 Å². The molecule has 0 saturated heterocycles. The fourth-order valence-electron chi connectivity index (χ4n) is 3.34. The van der Waals surface area contributed by atoms with Crippen LogP contribution in [0, 0.1) is 42.2 Å². The number of carbonyl (C=O) groups excluding carboxylic acids is 1. The number of carbonyl (C=O) groups is 1. The van der Waals surface area contributed by atoms with E-state index >= 15 is 0 Å². The van der Waals surface area contributed by atoms with E-state index in [1.807, 2.05) is 30.6 Å². The molecule has 0 fully saturated rings. The molecule has 0 spiro atoms. The van der Waals surface area contributed by atoms with Crippen LogP contribution in [0.2, 0.25) is 5.02 Å². The molecule has 0 bridgehead atoms. The van der Waals surface area contributed by atoms with Crippen molar-refractivity contribution in [3.8, 4) is 11.8 Å². The average molecular weight is 435 g/mol. The molecule has 3 aromatic rings. The number of benzene rings is 2. The lowest BCUT2D eigenvalue weighted by atomic mass is 10.1. The monoisotopic (exact) mass is 434 g/mol. The molecule has 1 aromatic heterocycles. The van der Waals surface area contributed by atoms with E-state index < -0.39 is 10.8 Å². The number of hydrogen-bond donors (Lipinski definition) is 1. The van der Waals surface area contributed by atoms with Gasteiger partial charge in [0.05, 0.1) is 4.92 Å². The van der Waals surface area contributed by atoms with Gasteiger partial charge in [-0.25, -0.2) is 0 Å². The van der Waals surface area contributed by atoms with Crippen molar-refractivity contribution in [2.45, 2.75) is 20.8 Å². The molecule has 0 saturated carbocycles. The second-order valence-corrected chi connectivity index (χ2v) is 7.46. The van der Waals surface area contributed by atoms with E-state index in [0.29, 0.717) is 16.3 Å². The van der Waals surface area contributed by atoms with Crippen molar-refractivity contribution in [2.24, 2.45) is 0 Å². The highest BCUT2D eigenvalue weighted by Gasteiger charge is 2.16. The normalized spacial score (nSPS) is 11.1. The number of anilines is 1. The first kappa shape index (κ1) is 21.8. The number of rotatable bonds is 5. The number of nitrogens with one attached hydrogen (secondary N) is 1. The highest BCUT2D eigenvalue weighted by Crippen LogP contribution is 2.27. The van der Waals surface area contributed by atoms with Crippen molar-refractivity contribution in [2.75, 3.05) is 5.32 Å². The zero-order valence-electron chi connectivity index (χ0n) is 17.1. The number of nitro benzene ring substituents is 1. The van der Waals surface area contributed by atoms with E-state index in [4.69, 9.17) is 11.6 Å². The standard InChI is InChI=1S/C23H19ClN4O3/c1-14-10-21(28(30)31)8-9-22(14)27-15(2)11-17(16(27)3)12-18(13-25)23(29)26-20-6-4-19(24)5-7-20/h4-12H,1-3H3,(H,26,29). The van der Waals surface area contributed by atoms with Gasteiger partial charge >= 0.3 is 0 Å². The number of aromatic nitrogens is 1. The number of aryl methyl sites for hydroxylation is 2. The Hall–Kier alpha value is -3.89. The van der Waals surface area contributed by atoms with Crippen molar-refractivity contribution in [3.05, 3.63) is 91.8 Å². The van der Waals surface area contributed by atoms with Crippen LogP contribution in [0.1, 0.15) is 22.5 Å². The minimum absolute atomic E-state index is 0.0227. The zero-order valence-corrected chi connectivity index (χ0v) is 17.9. The maximum Gasteiger partial charge on any atom is 0.269 e. The Kier molecular flexibility index (Phi) is 6.23. The zero-order chi connectivity index (χ0) is 22.7. The van der Waals surface area contributed by atoms with E-state index in [9.17, 15) is 20.2 Å². The van der Waals surface area contributed by atoms with Gasteiger partial charge < -0.3 is 9.88 Å². The summed E-state index contributed by atoms with van der Waals surface area (Å²) in [6, 6.07) is 15.1. The van der Waals surface area contributed by atoms with Crippen LogP contribution in [0.3, 0.4) is 0 Å². The third-order valence-electron chi connectivity index (χ3n) is 4.87. The van der Waals surface area contributed by atoms with Crippen molar-refractivity contribution < 1.29 is 9.72 Å². The largest absolute Gasteiger partial charge is 0.321 e. The molecule has 156 valence electrons. The van der Waals surface area contributed by atoms with Gasteiger partial charge in [0.25, 0.3) is 11.6 Å². The third kappa shape index (κ3) is 4.65. The average Bonchev–Trinajstić information content (AvgIpc) is 3.00. The molecule has 0 aliphatic heterocycles. The number of amides is 1. The Bertz CT molecular complexity index is 1250. The first-order valence-electron chi connectivity index (χ1n) is 9.34. The van der Waals surface area contributed by atoms with Crippen LogP contribution in [0.15, 0.2) is 54.1 Å². The highest BCUT2D eigenvalue weighted by atomic mass is 35.5. The number of halogens is 1. The predicted octanol–water partition coefficient (Wildman–Crippen LogP) is 5.51. The van der Waals surface area contributed by atoms with Gasteiger partial charge in [0.15, 0.2) is 0 Å². The summed E-state index contributed by atoms with van der Waals surface area (Å²) in [7, 11) is 0. The van der Waals surface area contributed by atoms with Gasteiger partial charge in [-0.1, -0.05) is 11.6 Å². The molecular formula is C23H19ClN4O3. The minimum Gasteiger partial charge on any atom is -0.321 e. The minimum atomic E-state index is -0.527. The number of nitro groups is 1. The Morgan fingerprint density at radius 2 is 1.84 bits per heavy atom. The third-order valence-corrected chi connectivity index (χ3v) is 5.12. The molecule has 2 aromatic carbocycles. The van der Waals surface area contributed by atoms with Crippen LogP contribution in [-0.4, -0.2) is 15.4 Å². The topological polar surface area (TPSA) is 101 Å². The smallest absolute Gasteiger partial charge is 0.269 e. The molecule has 31 heavy (non-hydrogen) atoms. The van der Waals surface area contributed by atoms with Gasteiger partial charge in [0.1, 0.15) is 11.6 Å². The summed E-state index contributed by atoms with van der Waals surface area (Å²) in [5.74, 6) is -0.527. The SMILES string of the molecule is Cc1cc([N+](=O)[O-])ccc1-n1c(C)cc(C=C(C#N)C(=O)Nc2ccc(Cl)cc2)c1C. The summed E-state index contributed by atoms with van der Waals surface area (Å²) in [4.78, 5) is 23.1. The van der Waals surface area contributed by atoms with Crippen LogP contribution in [-0.2, 0) is 4.79 Å². The first-order chi connectivity index (χ1) is 14.7. The summed E-state index contributed by atoms with van der Waals surface area (Å²) < 4.78 is 1.94. The molecule has 1 N–H and O–H groups in total. The molecular weight excluding hydrogens is 416 g/mol.